The molecule has 0 radical (unpaired) electrons. The van der Waals surface area contributed by atoms with Crippen molar-refractivity contribution in [2.45, 2.75) is 38.4 Å². The van der Waals surface area contributed by atoms with Crippen molar-refractivity contribution in [2.24, 2.45) is 0 Å². The highest BCUT2D eigenvalue weighted by atomic mass is 19.4. The maximum atomic E-state index is 11.1. The number of aliphatic hydroxyl groups excluding tert-OH is 1. The van der Waals surface area contributed by atoms with Gasteiger partial charge in [0, 0.05) is 18.9 Å². The number of allylic oxidation sites excluding steroid dienone is 2. The summed E-state index contributed by atoms with van der Waals surface area (Å²) in [6, 6.07) is 0.157. The van der Waals surface area contributed by atoms with E-state index < -0.39 is 12.1 Å². The third-order valence-corrected chi connectivity index (χ3v) is 2.41. The minimum absolute atomic E-state index is 0.0280. The van der Waals surface area contributed by atoms with Gasteiger partial charge in [-0.25, -0.2) is 0 Å². The molecule has 0 aliphatic heterocycles. The maximum absolute atomic E-state index is 11.1. The van der Waals surface area contributed by atoms with Crippen molar-refractivity contribution in [3.63, 3.8) is 0 Å². The predicted molar refractivity (Wildman–Crippen MR) is 61.1 cm³/mol. The lowest BCUT2D eigenvalue weighted by atomic mass is 9.94. The van der Waals surface area contributed by atoms with Crippen LogP contribution in [0.5, 0.6) is 0 Å². The number of carbonyl (C=O) groups is 2. The molecule has 0 spiro atoms. The van der Waals surface area contributed by atoms with Crippen LogP contribution in [0.4, 0.5) is 13.2 Å². The average Bonchev–Trinajstić information content (AvgIpc) is 2.27. The molecular weight excluding hydrogens is 279 g/mol. The molecule has 0 unspecified atom stereocenters. The highest BCUT2D eigenvalue weighted by Gasteiger charge is 2.28. The molecule has 20 heavy (non-hydrogen) atoms. The van der Waals surface area contributed by atoms with Crippen LogP contribution in [0.2, 0.25) is 0 Å². The van der Waals surface area contributed by atoms with Gasteiger partial charge in [-0.3, -0.25) is 4.79 Å². The number of aliphatic carboxylic acids is 1. The van der Waals surface area contributed by atoms with E-state index in [1.54, 1.807) is 6.08 Å². The van der Waals surface area contributed by atoms with Gasteiger partial charge in [0.1, 0.15) is 17.8 Å². The van der Waals surface area contributed by atoms with E-state index in [0.717, 1.165) is 18.4 Å². The fraction of sp³-hybridized carbons (Fsp3) is 0.500. The number of aliphatic hydroxyl groups is 1. The third kappa shape index (κ3) is 6.93. The topological polar surface area (TPSA) is 105 Å². The zero-order valence-electron chi connectivity index (χ0n) is 10.9. The van der Waals surface area contributed by atoms with E-state index in [2.05, 4.69) is 12.7 Å². The molecule has 4 N–H and O–H groups in total. The molecule has 1 aliphatic carbocycles. The number of halogens is 3. The van der Waals surface area contributed by atoms with Crippen molar-refractivity contribution in [1.29, 1.82) is 0 Å². The lowest BCUT2D eigenvalue weighted by Gasteiger charge is -2.13. The molecule has 0 aromatic rings. The van der Waals surface area contributed by atoms with Crippen molar-refractivity contribution < 1.29 is 38.7 Å². The standard InChI is InChI=1S/C10H15NO2.C2HF3O2/c1-2-3-10(11)7-4-8(12)6-9(13)5-7;3-2(4,5)1(6)7/h4,6,10,12H,2-3,5,11H2,1H3;(H,6,7)/t10-;/m1./s1. The second kappa shape index (κ2) is 7.68. The van der Waals surface area contributed by atoms with Crippen LogP contribution < -0.4 is 10.8 Å². The molecule has 8 heteroatoms. The summed E-state index contributed by atoms with van der Waals surface area (Å²) in [5.41, 5.74) is 4.91. The number of alkyl halides is 3. The van der Waals surface area contributed by atoms with Crippen molar-refractivity contribution in [3.05, 3.63) is 23.5 Å². The van der Waals surface area contributed by atoms with Crippen LogP contribution in [0.15, 0.2) is 23.5 Å². The summed E-state index contributed by atoms with van der Waals surface area (Å²) >= 11 is 0. The van der Waals surface area contributed by atoms with Gasteiger partial charge in [0.05, 0.1) is 0 Å². The molecule has 1 rings (SSSR count). The van der Waals surface area contributed by atoms with Gasteiger partial charge < -0.3 is 20.7 Å². The molecule has 1 aliphatic rings. The lowest BCUT2D eigenvalue weighted by molar-refractivity contribution is -0.408. The van der Waals surface area contributed by atoms with E-state index >= 15 is 0 Å². The fourth-order valence-electron chi connectivity index (χ4n) is 1.50. The van der Waals surface area contributed by atoms with Gasteiger partial charge in [0.25, 0.3) is 0 Å². The Morgan fingerprint density at radius 1 is 1.50 bits per heavy atom. The minimum atomic E-state index is -5.19. The van der Waals surface area contributed by atoms with Gasteiger partial charge in [-0.05, 0) is 11.6 Å². The number of rotatable bonds is 3. The van der Waals surface area contributed by atoms with E-state index in [1.807, 2.05) is 0 Å². The van der Waals surface area contributed by atoms with Gasteiger partial charge >= 0.3 is 6.18 Å². The molecule has 5 nitrogen and oxygen atoms in total. The molecule has 114 valence electrons. The Labute approximate surface area is 113 Å². The molecule has 0 aromatic heterocycles. The summed E-state index contributed by atoms with van der Waals surface area (Å²) in [7, 11) is 0. The van der Waals surface area contributed by atoms with Gasteiger partial charge in [-0.1, -0.05) is 13.3 Å². The molecule has 0 aromatic carbocycles. The van der Waals surface area contributed by atoms with E-state index in [4.69, 9.17) is 9.90 Å². The summed E-state index contributed by atoms with van der Waals surface area (Å²) in [5, 5.41) is 18.0. The van der Waals surface area contributed by atoms with Crippen molar-refractivity contribution in [2.75, 3.05) is 0 Å². The van der Waals surface area contributed by atoms with Crippen LogP contribution in [0.1, 0.15) is 26.2 Å². The lowest BCUT2D eigenvalue weighted by Crippen LogP contribution is -2.62. The monoisotopic (exact) mass is 295 g/mol. The smallest absolute Gasteiger partial charge is 0.430 e. The first-order valence-corrected chi connectivity index (χ1v) is 5.83. The predicted octanol–water partition coefficient (Wildman–Crippen LogP) is 0.0367. The van der Waals surface area contributed by atoms with Crippen molar-refractivity contribution in [1.82, 2.24) is 0 Å². The van der Waals surface area contributed by atoms with Crippen molar-refractivity contribution in [3.8, 4) is 0 Å². The Hall–Kier alpha value is -1.83. The molecule has 0 bridgehead atoms. The summed E-state index contributed by atoms with van der Waals surface area (Å²) in [6.07, 6.45) is 0.158. The summed E-state index contributed by atoms with van der Waals surface area (Å²) in [6.45, 7) is 2.08. The number of carboxylic acids is 1. The van der Waals surface area contributed by atoms with E-state index in [1.165, 1.54) is 6.08 Å². The summed E-state index contributed by atoms with van der Waals surface area (Å²) in [5.74, 6) is -2.97. The Morgan fingerprint density at radius 2 is 2.00 bits per heavy atom. The SMILES string of the molecule is CCC[C@@H]([NH3+])C1=CC(O)=CC(=O)C1.O=C([O-])C(F)(F)F. The third-order valence-electron chi connectivity index (χ3n) is 2.41. The van der Waals surface area contributed by atoms with Crippen LogP contribution in [0.3, 0.4) is 0 Å². The second-order valence-electron chi connectivity index (χ2n) is 4.20. The van der Waals surface area contributed by atoms with Crippen LogP contribution in [-0.4, -0.2) is 29.1 Å². The van der Waals surface area contributed by atoms with E-state index in [9.17, 15) is 23.1 Å². The normalized spacial score (nSPS) is 16.6. The zero-order valence-corrected chi connectivity index (χ0v) is 10.9. The number of hydrogen-bond acceptors (Lipinski definition) is 4. The Morgan fingerprint density at radius 3 is 2.35 bits per heavy atom. The van der Waals surface area contributed by atoms with E-state index in [-0.39, 0.29) is 17.6 Å². The fourth-order valence-corrected chi connectivity index (χ4v) is 1.50. The van der Waals surface area contributed by atoms with Gasteiger partial charge in [-0.15, -0.1) is 0 Å². The Kier molecular flexibility index (Phi) is 6.98. The maximum Gasteiger partial charge on any atom is 0.430 e. The Bertz CT molecular complexity index is 427. The van der Waals surface area contributed by atoms with Gasteiger partial charge in [0.2, 0.25) is 0 Å². The number of hydrogen-bond donors (Lipinski definition) is 2. The number of carboxylic acid groups (broad SMARTS) is 1. The van der Waals surface area contributed by atoms with Gasteiger partial charge in [0.15, 0.2) is 5.78 Å². The number of carbonyl (C=O) groups excluding carboxylic acids is 2. The molecule has 0 saturated carbocycles. The summed E-state index contributed by atoms with van der Waals surface area (Å²) in [4.78, 5) is 19.9. The molecule has 0 amide bonds. The quantitative estimate of drug-likeness (QED) is 0.766. The molecule has 0 saturated heterocycles. The minimum Gasteiger partial charge on any atom is -0.542 e. The number of ketones is 1. The van der Waals surface area contributed by atoms with Crippen LogP contribution in [0.25, 0.3) is 0 Å². The average molecular weight is 295 g/mol. The first kappa shape index (κ1) is 18.2. The molecule has 0 heterocycles. The summed E-state index contributed by atoms with van der Waals surface area (Å²) < 4.78 is 31.5. The number of quaternary nitrogens is 1. The molecular formula is C12H16F3NO4. The highest BCUT2D eigenvalue weighted by Crippen LogP contribution is 2.17. The highest BCUT2D eigenvalue weighted by molar-refractivity contribution is 5.93. The first-order chi connectivity index (χ1) is 9.07. The molecule has 0 fully saturated rings. The first-order valence-electron chi connectivity index (χ1n) is 5.83. The van der Waals surface area contributed by atoms with Gasteiger partial charge in [-0.2, -0.15) is 13.2 Å². The van der Waals surface area contributed by atoms with Crippen LogP contribution >= 0.6 is 0 Å². The second-order valence-corrected chi connectivity index (χ2v) is 4.20. The largest absolute Gasteiger partial charge is 0.542 e. The Balaban J connectivity index is 0.000000441. The van der Waals surface area contributed by atoms with E-state index in [0.29, 0.717) is 6.42 Å². The van der Waals surface area contributed by atoms with Crippen LogP contribution in [-0.2, 0) is 9.59 Å². The van der Waals surface area contributed by atoms with Crippen LogP contribution in [0, 0.1) is 0 Å². The van der Waals surface area contributed by atoms with Crippen molar-refractivity contribution >= 4 is 11.8 Å². The zero-order chi connectivity index (χ0) is 15.9. The molecule has 1 atom stereocenters.